The third-order valence-corrected chi connectivity index (χ3v) is 3.94. The van der Waals surface area contributed by atoms with Gasteiger partial charge >= 0.3 is 0 Å². The van der Waals surface area contributed by atoms with Crippen molar-refractivity contribution in [1.29, 1.82) is 0 Å². The number of aromatic nitrogens is 2. The summed E-state index contributed by atoms with van der Waals surface area (Å²) in [5.41, 5.74) is 7.06. The van der Waals surface area contributed by atoms with Crippen LogP contribution in [0, 0.1) is 0 Å². The van der Waals surface area contributed by atoms with Gasteiger partial charge in [0.25, 0.3) is 0 Å². The highest BCUT2D eigenvalue weighted by Crippen LogP contribution is 2.30. The Morgan fingerprint density at radius 1 is 1.37 bits per heavy atom. The molecule has 0 unspecified atom stereocenters. The molecule has 102 valence electrons. The van der Waals surface area contributed by atoms with E-state index in [1.54, 1.807) is 17.7 Å². The first-order valence-electron chi connectivity index (χ1n) is 6.51. The van der Waals surface area contributed by atoms with Crippen molar-refractivity contribution in [2.45, 2.75) is 33.2 Å². The fraction of sp³-hybridized carbons (Fsp3) is 0.429. The molecule has 0 bridgehead atoms. The van der Waals surface area contributed by atoms with Crippen molar-refractivity contribution >= 4 is 23.0 Å². The van der Waals surface area contributed by atoms with E-state index in [2.05, 4.69) is 53.2 Å². The van der Waals surface area contributed by atoms with Crippen molar-refractivity contribution in [3.05, 3.63) is 34.3 Å². The van der Waals surface area contributed by atoms with E-state index in [1.165, 1.54) is 4.88 Å². The summed E-state index contributed by atoms with van der Waals surface area (Å²) in [5.74, 6) is 1.86. The van der Waals surface area contributed by atoms with Crippen LogP contribution in [0.15, 0.2) is 23.8 Å². The van der Waals surface area contributed by atoms with Gasteiger partial charge in [-0.2, -0.15) is 0 Å². The lowest BCUT2D eigenvalue weighted by Crippen LogP contribution is -2.25. The Morgan fingerprint density at radius 3 is 2.74 bits per heavy atom. The van der Waals surface area contributed by atoms with Crippen molar-refractivity contribution in [3.8, 4) is 0 Å². The molecule has 19 heavy (non-hydrogen) atoms. The van der Waals surface area contributed by atoms with Crippen LogP contribution in [-0.4, -0.2) is 16.5 Å². The molecule has 2 N–H and O–H groups in total. The van der Waals surface area contributed by atoms with E-state index < -0.39 is 0 Å². The quantitative estimate of drug-likeness (QED) is 0.910. The van der Waals surface area contributed by atoms with Crippen LogP contribution in [0.5, 0.6) is 0 Å². The molecule has 0 aromatic carbocycles. The normalized spacial score (nSPS) is 10.9. The van der Waals surface area contributed by atoms with Crippen molar-refractivity contribution in [2.75, 3.05) is 17.2 Å². The number of nitrogens with zero attached hydrogens (tertiary/aromatic N) is 3. The third-order valence-electron chi connectivity index (χ3n) is 3.08. The summed E-state index contributed by atoms with van der Waals surface area (Å²) in [6, 6.07) is 4.22. The van der Waals surface area contributed by atoms with Crippen LogP contribution in [0.2, 0.25) is 0 Å². The number of hydrogen-bond donors (Lipinski definition) is 1. The molecule has 0 fully saturated rings. The topological polar surface area (TPSA) is 55.0 Å². The fourth-order valence-corrected chi connectivity index (χ4v) is 2.85. The van der Waals surface area contributed by atoms with Gasteiger partial charge in [0.15, 0.2) is 0 Å². The summed E-state index contributed by atoms with van der Waals surface area (Å²) in [6.07, 6.45) is 1.55. The Kier molecular flexibility index (Phi) is 4.37. The molecule has 4 nitrogen and oxygen atoms in total. The standard InChI is InChI=1S/C14H20N4S/c1-4-18(8-11-6-5-7-19-11)14-12(10(2)3)13(15)16-9-17-14/h5-7,9-10H,4,8H2,1-3H3,(H2,15,16,17). The van der Waals surface area contributed by atoms with Crippen LogP contribution in [-0.2, 0) is 6.54 Å². The van der Waals surface area contributed by atoms with Gasteiger partial charge in [-0.3, -0.25) is 0 Å². The molecule has 5 heteroatoms. The van der Waals surface area contributed by atoms with Crippen LogP contribution in [0.1, 0.15) is 37.1 Å². The van der Waals surface area contributed by atoms with Gasteiger partial charge in [0, 0.05) is 17.0 Å². The highest BCUT2D eigenvalue weighted by atomic mass is 32.1. The van der Waals surface area contributed by atoms with Gasteiger partial charge in [-0.25, -0.2) is 9.97 Å². The van der Waals surface area contributed by atoms with Gasteiger partial charge in [-0.05, 0) is 24.3 Å². The molecule has 0 amide bonds. The lowest BCUT2D eigenvalue weighted by Gasteiger charge is -2.25. The van der Waals surface area contributed by atoms with E-state index in [4.69, 9.17) is 5.73 Å². The summed E-state index contributed by atoms with van der Waals surface area (Å²) >= 11 is 1.76. The molecule has 0 aliphatic carbocycles. The Hall–Kier alpha value is -1.62. The zero-order valence-corrected chi connectivity index (χ0v) is 12.4. The third kappa shape index (κ3) is 3.04. The van der Waals surface area contributed by atoms with Gasteiger partial charge < -0.3 is 10.6 Å². The van der Waals surface area contributed by atoms with Crippen LogP contribution < -0.4 is 10.6 Å². The van der Waals surface area contributed by atoms with E-state index in [0.717, 1.165) is 24.5 Å². The molecule has 0 saturated carbocycles. The van der Waals surface area contributed by atoms with E-state index in [9.17, 15) is 0 Å². The average molecular weight is 276 g/mol. The molecule has 0 aliphatic heterocycles. The van der Waals surface area contributed by atoms with E-state index >= 15 is 0 Å². The van der Waals surface area contributed by atoms with Crippen molar-refractivity contribution in [2.24, 2.45) is 0 Å². The molecule has 2 heterocycles. The monoisotopic (exact) mass is 276 g/mol. The molecule has 0 saturated heterocycles. The molecule has 2 aromatic heterocycles. The van der Waals surface area contributed by atoms with Crippen LogP contribution in [0.4, 0.5) is 11.6 Å². The summed E-state index contributed by atoms with van der Waals surface area (Å²) in [7, 11) is 0. The zero-order chi connectivity index (χ0) is 13.8. The summed E-state index contributed by atoms with van der Waals surface area (Å²) in [6.45, 7) is 8.14. The second-order valence-corrected chi connectivity index (χ2v) is 5.78. The maximum atomic E-state index is 6.01. The number of nitrogen functional groups attached to an aromatic ring is 1. The smallest absolute Gasteiger partial charge is 0.137 e. The van der Waals surface area contributed by atoms with Gasteiger partial charge in [0.2, 0.25) is 0 Å². The average Bonchev–Trinajstić information content (AvgIpc) is 2.88. The predicted octanol–water partition coefficient (Wildman–Crippen LogP) is 3.27. The Bertz CT molecular complexity index is 522. The number of thiophene rings is 1. The fourth-order valence-electron chi connectivity index (χ4n) is 2.13. The number of nitrogens with two attached hydrogens (primary N) is 1. The molecule has 0 spiro atoms. The zero-order valence-electron chi connectivity index (χ0n) is 11.6. The maximum Gasteiger partial charge on any atom is 0.137 e. The second-order valence-electron chi connectivity index (χ2n) is 4.74. The first-order valence-corrected chi connectivity index (χ1v) is 7.39. The molecule has 2 aromatic rings. The Morgan fingerprint density at radius 2 is 2.16 bits per heavy atom. The summed E-state index contributed by atoms with van der Waals surface area (Å²) < 4.78 is 0. The van der Waals surface area contributed by atoms with Crippen molar-refractivity contribution < 1.29 is 0 Å². The largest absolute Gasteiger partial charge is 0.383 e. The van der Waals surface area contributed by atoms with Gasteiger partial charge in [0.1, 0.15) is 18.0 Å². The van der Waals surface area contributed by atoms with Crippen LogP contribution in [0.25, 0.3) is 0 Å². The molecular weight excluding hydrogens is 256 g/mol. The van der Waals surface area contributed by atoms with E-state index in [-0.39, 0.29) is 0 Å². The molecule has 0 radical (unpaired) electrons. The number of rotatable bonds is 5. The lowest BCUT2D eigenvalue weighted by atomic mass is 10.0. The molecule has 0 atom stereocenters. The van der Waals surface area contributed by atoms with Crippen LogP contribution >= 0.6 is 11.3 Å². The lowest BCUT2D eigenvalue weighted by molar-refractivity contribution is 0.778. The first kappa shape index (κ1) is 13.8. The highest BCUT2D eigenvalue weighted by Gasteiger charge is 2.18. The minimum Gasteiger partial charge on any atom is -0.383 e. The first-order chi connectivity index (χ1) is 9.13. The molecule has 0 aliphatic rings. The van der Waals surface area contributed by atoms with Gasteiger partial charge in [-0.15, -0.1) is 11.3 Å². The Labute approximate surface area is 118 Å². The molecule has 2 rings (SSSR count). The maximum absolute atomic E-state index is 6.01. The SMILES string of the molecule is CCN(Cc1cccs1)c1ncnc(N)c1C(C)C. The predicted molar refractivity (Wildman–Crippen MR) is 81.6 cm³/mol. The van der Waals surface area contributed by atoms with Gasteiger partial charge in [-0.1, -0.05) is 19.9 Å². The summed E-state index contributed by atoms with van der Waals surface area (Å²) in [4.78, 5) is 12.1. The van der Waals surface area contributed by atoms with E-state index in [0.29, 0.717) is 11.7 Å². The van der Waals surface area contributed by atoms with Crippen molar-refractivity contribution in [3.63, 3.8) is 0 Å². The number of hydrogen-bond acceptors (Lipinski definition) is 5. The highest BCUT2D eigenvalue weighted by molar-refractivity contribution is 7.09. The van der Waals surface area contributed by atoms with Crippen molar-refractivity contribution in [1.82, 2.24) is 9.97 Å². The van der Waals surface area contributed by atoms with E-state index in [1.807, 2.05) is 0 Å². The molecular formula is C14H20N4S. The number of anilines is 2. The second kappa shape index (κ2) is 6.02. The van der Waals surface area contributed by atoms with Crippen LogP contribution in [0.3, 0.4) is 0 Å². The minimum atomic E-state index is 0.314. The minimum absolute atomic E-state index is 0.314. The summed E-state index contributed by atoms with van der Waals surface area (Å²) in [5, 5.41) is 2.10. The van der Waals surface area contributed by atoms with Gasteiger partial charge in [0.05, 0.1) is 6.54 Å². The Balaban J connectivity index is 2.35.